The van der Waals surface area contributed by atoms with E-state index in [9.17, 15) is 13.2 Å². The smallest absolute Gasteiger partial charge is 0.390 e. The topological polar surface area (TPSA) is 21.3 Å². The van der Waals surface area contributed by atoms with E-state index < -0.39 is 12.6 Å². The highest BCUT2D eigenvalue weighted by molar-refractivity contribution is 5.91. The van der Waals surface area contributed by atoms with Crippen LogP contribution in [-0.2, 0) is 6.54 Å². The molecule has 2 aromatic rings. The van der Waals surface area contributed by atoms with Crippen LogP contribution in [0.15, 0.2) is 36.4 Å². The summed E-state index contributed by atoms with van der Waals surface area (Å²) in [4.78, 5) is 0. The molecule has 0 heterocycles. The Bertz CT molecular complexity index is 581. The molecule has 0 bridgehead atoms. The molecule has 2 aromatic carbocycles. The number of methoxy groups -OCH3 is 1. The summed E-state index contributed by atoms with van der Waals surface area (Å²) in [5.74, 6) is 0.764. The lowest BCUT2D eigenvalue weighted by Gasteiger charge is -2.12. The SMILES string of the molecule is COc1ccc(CNCCC(F)(F)F)c2ccccc12. The third-order valence-corrected chi connectivity index (χ3v) is 3.09. The van der Waals surface area contributed by atoms with Gasteiger partial charge in [-0.05, 0) is 17.0 Å². The number of nitrogens with one attached hydrogen (secondary N) is 1. The molecular weight excluding hydrogens is 267 g/mol. The largest absolute Gasteiger partial charge is 0.496 e. The summed E-state index contributed by atoms with van der Waals surface area (Å²) in [6.07, 6.45) is -4.93. The molecule has 0 radical (unpaired) electrons. The van der Waals surface area contributed by atoms with Crippen molar-refractivity contribution in [3.8, 4) is 5.75 Å². The standard InChI is InChI=1S/C15H16F3NO/c1-20-14-7-6-11(10-19-9-8-15(16,17)18)12-4-2-3-5-13(12)14/h2-7,19H,8-10H2,1H3. The van der Waals surface area contributed by atoms with Crippen LogP contribution in [0.3, 0.4) is 0 Å². The summed E-state index contributed by atoms with van der Waals surface area (Å²) in [6.45, 7) is 0.324. The number of ether oxygens (including phenoxy) is 1. The van der Waals surface area contributed by atoms with Crippen LogP contribution < -0.4 is 10.1 Å². The number of rotatable bonds is 5. The van der Waals surface area contributed by atoms with Crippen LogP contribution in [0, 0.1) is 0 Å². The van der Waals surface area contributed by atoms with Crippen LogP contribution >= 0.6 is 0 Å². The van der Waals surface area contributed by atoms with E-state index in [2.05, 4.69) is 5.32 Å². The van der Waals surface area contributed by atoms with Crippen molar-refractivity contribution in [3.63, 3.8) is 0 Å². The van der Waals surface area contributed by atoms with Crippen molar-refractivity contribution in [1.29, 1.82) is 0 Å². The maximum Gasteiger partial charge on any atom is 0.390 e. The Morgan fingerprint density at radius 1 is 1.05 bits per heavy atom. The zero-order valence-electron chi connectivity index (χ0n) is 11.1. The fraction of sp³-hybridized carbons (Fsp3) is 0.333. The molecular formula is C15H16F3NO. The normalized spacial score (nSPS) is 11.8. The molecule has 0 aliphatic carbocycles. The number of fused-ring (bicyclic) bond motifs is 1. The van der Waals surface area contributed by atoms with Gasteiger partial charge in [0.25, 0.3) is 0 Å². The van der Waals surface area contributed by atoms with Gasteiger partial charge in [-0.2, -0.15) is 13.2 Å². The van der Waals surface area contributed by atoms with E-state index in [4.69, 9.17) is 4.74 Å². The molecule has 0 aliphatic rings. The van der Waals surface area contributed by atoms with Gasteiger partial charge in [-0.15, -0.1) is 0 Å². The van der Waals surface area contributed by atoms with Crippen molar-refractivity contribution >= 4 is 10.8 Å². The number of benzene rings is 2. The Morgan fingerprint density at radius 2 is 1.75 bits per heavy atom. The Hall–Kier alpha value is -1.75. The van der Waals surface area contributed by atoms with Crippen LogP contribution in [0.4, 0.5) is 13.2 Å². The van der Waals surface area contributed by atoms with Gasteiger partial charge < -0.3 is 10.1 Å². The second-order valence-electron chi connectivity index (χ2n) is 4.51. The molecule has 5 heteroatoms. The predicted octanol–water partition coefficient (Wildman–Crippen LogP) is 3.89. The van der Waals surface area contributed by atoms with Crippen LogP contribution in [0.25, 0.3) is 10.8 Å². The van der Waals surface area contributed by atoms with Crippen LogP contribution in [0.5, 0.6) is 5.75 Å². The monoisotopic (exact) mass is 283 g/mol. The summed E-state index contributed by atoms with van der Waals surface area (Å²) < 4.78 is 41.5. The first kappa shape index (κ1) is 14.7. The molecule has 0 saturated carbocycles. The number of hydrogen-bond acceptors (Lipinski definition) is 2. The molecule has 0 aromatic heterocycles. The second-order valence-corrected chi connectivity index (χ2v) is 4.51. The molecule has 0 fully saturated rings. The van der Waals surface area contributed by atoms with E-state index in [1.807, 2.05) is 36.4 Å². The van der Waals surface area contributed by atoms with Crippen LogP contribution in [0.1, 0.15) is 12.0 Å². The lowest BCUT2D eigenvalue weighted by Crippen LogP contribution is -2.21. The van der Waals surface area contributed by atoms with Gasteiger partial charge in [0.15, 0.2) is 0 Å². The summed E-state index contributed by atoms with van der Waals surface area (Å²) in [5, 5.41) is 4.78. The minimum absolute atomic E-state index is 0.0795. The van der Waals surface area contributed by atoms with Crippen molar-refractivity contribution in [2.45, 2.75) is 19.1 Å². The maximum atomic E-state index is 12.1. The maximum absolute atomic E-state index is 12.1. The van der Waals surface area contributed by atoms with E-state index in [1.165, 1.54) is 0 Å². The zero-order valence-corrected chi connectivity index (χ0v) is 11.1. The van der Waals surface area contributed by atoms with E-state index >= 15 is 0 Å². The highest BCUT2D eigenvalue weighted by Gasteiger charge is 2.25. The molecule has 108 valence electrons. The molecule has 2 nitrogen and oxygen atoms in total. The van der Waals surface area contributed by atoms with Gasteiger partial charge in [0, 0.05) is 18.5 Å². The Labute approximate surface area is 115 Å². The van der Waals surface area contributed by atoms with Crippen molar-refractivity contribution in [2.24, 2.45) is 0 Å². The first-order chi connectivity index (χ1) is 9.51. The van der Waals surface area contributed by atoms with Gasteiger partial charge in [0.05, 0.1) is 13.5 Å². The third kappa shape index (κ3) is 3.63. The fourth-order valence-electron chi connectivity index (χ4n) is 2.12. The van der Waals surface area contributed by atoms with Gasteiger partial charge in [-0.25, -0.2) is 0 Å². The molecule has 0 amide bonds. The van der Waals surface area contributed by atoms with Gasteiger partial charge in [-0.1, -0.05) is 30.3 Å². The lowest BCUT2D eigenvalue weighted by molar-refractivity contribution is -0.133. The van der Waals surface area contributed by atoms with Crippen LogP contribution in [0.2, 0.25) is 0 Å². The summed E-state index contributed by atoms with van der Waals surface area (Å²) >= 11 is 0. The van der Waals surface area contributed by atoms with Crippen molar-refractivity contribution in [3.05, 3.63) is 42.0 Å². The fourth-order valence-corrected chi connectivity index (χ4v) is 2.12. The summed E-state index contributed by atoms with van der Waals surface area (Å²) in [5.41, 5.74) is 0.962. The van der Waals surface area contributed by atoms with E-state index in [0.717, 1.165) is 22.1 Å². The van der Waals surface area contributed by atoms with Gasteiger partial charge in [0.2, 0.25) is 0 Å². The average Bonchev–Trinajstić information content (AvgIpc) is 2.42. The van der Waals surface area contributed by atoms with Crippen molar-refractivity contribution < 1.29 is 17.9 Å². The lowest BCUT2D eigenvalue weighted by atomic mass is 10.0. The molecule has 0 saturated heterocycles. The van der Waals surface area contributed by atoms with Gasteiger partial charge in [0.1, 0.15) is 5.75 Å². The molecule has 1 N–H and O–H groups in total. The van der Waals surface area contributed by atoms with Crippen LogP contribution in [-0.4, -0.2) is 19.8 Å². The second kappa shape index (κ2) is 6.13. The quantitative estimate of drug-likeness (QED) is 0.841. The molecule has 0 spiro atoms. The highest BCUT2D eigenvalue weighted by atomic mass is 19.4. The summed E-state index contributed by atoms with van der Waals surface area (Å²) in [7, 11) is 1.60. The molecule has 20 heavy (non-hydrogen) atoms. The molecule has 2 rings (SSSR count). The molecule has 0 atom stereocenters. The minimum atomic E-state index is -4.12. The number of hydrogen-bond donors (Lipinski definition) is 1. The van der Waals surface area contributed by atoms with E-state index in [0.29, 0.717) is 6.54 Å². The Kier molecular flexibility index (Phi) is 4.49. The summed E-state index contributed by atoms with van der Waals surface area (Å²) in [6, 6.07) is 11.4. The molecule has 0 aliphatic heterocycles. The third-order valence-electron chi connectivity index (χ3n) is 3.09. The predicted molar refractivity (Wildman–Crippen MR) is 72.9 cm³/mol. The van der Waals surface area contributed by atoms with Crippen molar-refractivity contribution in [1.82, 2.24) is 5.32 Å². The first-order valence-corrected chi connectivity index (χ1v) is 6.33. The molecule has 0 unspecified atom stereocenters. The Morgan fingerprint density at radius 3 is 2.40 bits per heavy atom. The van der Waals surface area contributed by atoms with E-state index in [1.54, 1.807) is 7.11 Å². The first-order valence-electron chi connectivity index (χ1n) is 6.33. The van der Waals surface area contributed by atoms with Gasteiger partial charge >= 0.3 is 6.18 Å². The number of alkyl halides is 3. The zero-order chi connectivity index (χ0) is 14.6. The average molecular weight is 283 g/mol. The highest BCUT2D eigenvalue weighted by Crippen LogP contribution is 2.28. The Balaban J connectivity index is 2.11. The minimum Gasteiger partial charge on any atom is -0.496 e. The van der Waals surface area contributed by atoms with Gasteiger partial charge in [-0.3, -0.25) is 0 Å². The number of halogens is 3. The van der Waals surface area contributed by atoms with Crippen molar-refractivity contribution in [2.75, 3.05) is 13.7 Å². The van der Waals surface area contributed by atoms with E-state index in [-0.39, 0.29) is 6.54 Å².